The molecule has 0 rings (SSSR count). The quantitative estimate of drug-likeness (QED) is 0.770. The first-order valence-electron chi connectivity index (χ1n) is 6.43. The van der Waals surface area contributed by atoms with E-state index in [2.05, 4.69) is 0 Å². The zero-order valence-corrected chi connectivity index (χ0v) is 12.5. The van der Waals surface area contributed by atoms with E-state index in [0.29, 0.717) is 0 Å². The normalized spacial score (nSPS) is 15.6. The Balaban J connectivity index is 5.17. The molecule has 0 bridgehead atoms. The Kier molecular flexibility index (Phi) is 5.84. The van der Waals surface area contributed by atoms with E-state index in [1.54, 1.807) is 20.8 Å². The number of rotatable bonds is 5. The summed E-state index contributed by atoms with van der Waals surface area (Å²) in [6.45, 7) is 12.7. The van der Waals surface area contributed by atoms with Crippen molar-refractivity contribution in [1.29, 1.82) is 0 Å². The van der Waals surface area contributed by atoms with Crippen LogP contribution in [0.5, 0.6) is 0 Å². The van der Waals surface area contributed by atoms with Crippen LogP contribution in [-0.4, -0.2) is 22.6 Å². The topological polar surface area (TPSA) is 63.6 Å². The molecule has 4 nitrogen and oxygen atoms in total. The molecular formula is C14H26O4. The fourth-order valence-corrected chi connectivity index (χ4v) is 2.06. The third-order valence-electron chi connectivity index (χ3n) is 2.79. The summed E-state index contributed by atoms with van der Waals surface area (Å²) in [4.78, 5) is 23.5. The Morgan fingerprint density at radius 1 is 0.944 bits per heavy atom. The van der Waals surface area contributed by atoms with Crippen LogP contribution in [0.1, 0.15) is 48.5 Å². The molecule has 2 unspecified atom stereocenters. The zero-order chi connectivity index (χ0) is 14.7. The van der Waals surface area contributed by atoms with Gasteiger partial charge in [-0.2, -0.15) is 0 Å². The van der Waals surface area contributed by atoms with Gasteiger partial charge < -0.3 is 9.84 Å². The second-order valence-electron chi connectivity index (χ2n) is 6.41. The van der Waals surface area contributed by atoms with E-state index >= 15 is 0 Å². The van der Waals surface area contributed by atoms with Gasteiger partial charge in [0.05, 0.1) is 11.8 Å². The summed E-state index contributed by atoms with van der Waals surface area (Å²) >= 11 is 0. The van der Waals surface area contributed by atoms with Crippen LogP contribution in [0.3, 0.4) is 0 Å². The zero-order valence-electron chi connectivity index (χ0n) is 12.5. The number of carboxylic acid groups (broad SMARTS) is 1. The predicted molar refractivity (Wildman–Crippen MR) is 70.1 cm³/mol. The van der Waals surface area contributed by atoms with E-state index < -0.39 is 29.4 Å². The molecule has 0 radical (unpaired) electrons. The number of carbonyl (C=O) groups is 2. The van der Waals surface area contributed by atoms with E-state index in [0.717, 1.165) is 0 Å². The molecule has 18 heavy (non-hydrogen) atoms. The highest BCUT2D eigenvalue weighted by molar-refractivity contribution is 5.81. The van der Waals surface area contributed by atoms with Gasteiger partial charge in [0.15, 0.2) is 0 Å². The monoisotopic (exact) mass is 258 g/mol. The van der Waals surface area contributed by atoms with Crippen molar-refractivity contribution in [3.8, 4) is 0 Å². The van der Waals surface area contributed by atoms with Gasteiger partial charge in [0.2, 0.25) is 0 Å². The molecule has 0 heterocycles. The molecular weight excluding hydrogens is 232 g/mol. The summed E-state index contributed by atoms with van der Waals surface area (Å²) in [5.41, 5.74) is -0.593. The van der Waals surface area contributed by atoms with E-state index in [4.69, 9.17) is 4.74 Å². The van der Waals surface area contributed by atoms with Gasteiger partial charge in [-0.15, -0.1) is 0 Å². The van der Waals surface area contributed by atoms with Crippen LogP contribution >= 0.6 is 0 Å². The maximum Gasteiger partial charge on any atom is 0.310 e. The fraction of sp³-hybridized carbons (Fsp3) is 0.857. The molecule has 0 aromatic heterocycles. The van der Waals surface area contributed by atoms with Crippen molar-refractivity contribution in [3.63, 3.8) is 0 Å². The first-order valence-corrected chi connectivity index (χ1v) is 6.43. The molecule has 0 aliphatic carbocycles. The van der Waals surface area contributed by atoms with Crippen molar-refractivity contribution >= 4 is 11.9 Å². The molecule has 0 saturated carbocycles. The molecule has 0 aromatic rings. The molecule has 0 saturated heterocycles. The summed E-state index contributed by atoms with van der Waals surface area (Å²) in [5.74, 6) is -2.85. The molecule has 0 amide bonds. The second kappa shape index (κ2) is 6.21. The third-order valence-corrected chi connectivity index (χ3v) is 2.79. The van der Waals surface area contributed by atoms with Crippen LogP contribution in [0.4, 0.5) is 0 Å². The van der Waals surface area contributed by atoms with Crippen molar-refractivity contribution in [1.82, 2.24) is 0 Å². The number of ether oxygens (including phenoxy) is 1. The smallest absolute Gasteiger partial charge is 0.310 e. The van der Waals surface area contributed by atoms with Gasteiger partial charge in [-0.25, -0.2) is 0 Å². The van der Waals surface area contributed by atoms with Crippen LogP contribution < -0.4 is 0 Å². The molecule has 0 aromatic carbocycles. The predicted octanol–water partition coefficient (Wildman–Crippen LogP) is 2.96. The minimum Gasteiger partial charge on any atom is -0.481 e. The van der Waals surface area contributed by atoms with Crippen molar-refractivity contribution in [2.24, 2.45) is 23.7 Å². The Hall–Kier alpha value is -1.06. The minimum atomic E-state index is -0.936. The maximum atomic E-state index is 12.2. The number of hydrogen-bond donors (Lipinski definition) is 1. The van der Waals surface area contributed by atoms with Crippen LogP contribution in [0, 0.1) is 23.7 Å². The summed E-state index contributed by atoms with van der Waals surface area (Å²) < 4.78 is 5.34. The van der Waals surface area contributed by atoms with Gasteiger partial charge in [-0.3, -0.25) is 9.59 Å². The minimum absolute atomic E-state index is 0.0663. The van der Waals surface area contributed by atoms with E-state index in [9.17, 15) is 14.7 Å². The standard InChI is InChI=1S/C14H26O4/c1-8(2)10(12(15)16)11(9(3)4)13(17)18-14(5,6)7/h8-11H,1-7H3,(H,15,16). The average Bonchev–Trinajstić information content (AvgIpc) is 2.08. The Bertz CT molecular complexity index is 299. The summed E-state index contributed by atoms with van der Waals surface area (Å²) in [6.07, 6.45) is 0. The number of carboxylic acids is 1. The lowest BCUT2D eigenvalue weighted by molar-refractivity contribution is -0.170. The first kappa shape index (κ1) is 16.9. The van der Waals surface area contributed by atoms with Gasteiger partial charge >= 0.3 is 11.9 Å². The lowest BCUT2D eigenvalue weighted by atomic mass is 9.77. The molecule has 0 spiro atoms. The van der Waals surface area contributed by atoms with Crippen LogP contribution in [0.15, 0.2) is 0 Å². The molecule has 0 aliphatic heterocycles. The Morgan fingerprint density at radius 3 is 1.56 bits per heavy atom. The number of esters is 1. The fourth-order valence-electron chi connectivity index (χ4n) is 2.06. The highest BCUT2D eigenvalue weighted by Crippen LogP contribution is 2.30. The van der Waals surface area contributed by atoms with Gasteiger partial charge in [0.1, 0.15) is 5.60 Å². The van der Waals surface area contributed by atoms with Crippen molar-refractivity contribution in [2.75, 3.05) is 0 Å². The Morgan fingerprint density at radius 2 is 1.33 bits per heavy atom. The van der Waals surface area contributed by atoms with Gasteiger partial charge in [-0.1, -0.05) is 27.7 Å². The van der Waals surface area contributed by atoms with Crippen molar-refractivity contribution in [3.05, 3.63) is 0 Å². The number of aliphatic carboxylic acids is 1. The van der Waals surface area contributed by atoms with Crippen molar-refractivity contribution < 1.29 is 19.4 Å². The van der Waals surface area contributed by atoms with E-state index in [1.165, 1.54) is 0 Å². The Labute approximate surface area is 110 Å². The highest BCUT2D eigenvalue weighted by Gasteiger charge is 2.40. The molecule has 0 aliphatic rings. The molecule has 0 fully saturated rings. The largest absolute Gasteiger partial charge is 0.481 e. The highest BCUT2D eigenvalue weighted by atomic mass is 16.6. The van der Waals surface area contributed by atoms with E-state index in [1.807, 2.05) is 27.7 Å². The average molecular weight is 258 g/mol. The lowest BCUT2D eigenvalue weighted by Gasteiger charge is -2.31. The lowest BCUT2D eigenvalue weighted by Crippen LogP contribution is -2.40. The first-order chi connectivity index (χ1) is 7.97. The van der Waals surface area contributed by atoms with Gasteiger partial charge in [0.25, 0.3) is 0 Å². The number of hydrogen-bond acceptors (Lipinski definition) is 3. The van der Waals surface area contributed by atoms with Crippen LogP contribution in [0.25, 0.3) is 0 Å². The van der Waals surface area contributed by atoms with Gasteiger partial charge in [0, 0.05) is 0 Å². The molecule has 1 N–H and O–H groups in total. The van der Waals surface area contributed by atoms with Crippen molar-refractivity contribution in [2.45, 2.75) is 54.1 Å². The summed E-state index contributed by atoms with van der Waals surface area (Å²) in [7, 11) is 0. The molecule has 4 heteroatoms. The van der Waals surface area contributed by atoms with Gasteiger partial charge in [-0.05, 0) is 32.6 Å². The molecule has 2 atom stereocenters. The molecule has 106 valence electrons. The maximum absolute atomic E-state index is 12.2. The SMILES string of the molecule is CC(C)C(C(=O)O)C(C(=O)OC(C)(C)C)C(C)C. The van der Waals surface area contributed by atoms with Crippen LogP contribution in [0.2, 0.25) is 0 Å². The number of carbonyl (C=O) groups excluding carboxylic acids is 1. The third kappa shape index (κ3) is 5.07. The summed E-state index contributed by atoms with van der Waals surface area (Å²) in [5, 5.41) is 9.30. The second-order valence-corrected chi connectivity index (χ2v) is 6.41. The summed E-state index contributed by atoms with van der Waals surface area (Å²) in [6, 6.07) is 0. The van der Waals surface area contributed by atoms with E-state index in [-0.39, 0.29) is 11.8 Å². The van der Waals surface area contributed by atoms with Crippen LogP contribution in [-0.2, 0) is 14.3 Å².